The fourth-order valence-electron chi connectivity index (χ4n) is 1.66. The molecule has 0 fully saturated rings. The molecule has 2 N–H and O–H groups in total. The molecule has 0 spiro atoms. The molecule has 1 amide bonds. The maximum absolute atomic E-state index is 11.8. The van der Waals surface area contributed by atoms with E-state index in [-0.39, 0.29) is 5.91 Å². The van der Waals surface area contributed by atoms with Gasteiger partial charge in [-0.05, 0) is 17.5 Å². The number of amides is 1. The maximum Gasteiger partial charge on any atom is 0.326 e. The molecule has 1 aromatic rings. The van der Waals surface area contributed by atoms with E-state index in [1.165, 1.54) is 0 Å². The summed E-state index contributed by atoms with van der Waals surface area (Å²) in [6.07, 6.45) is 0.305. The summed E-state index contributed by atoms with van der Waals surface area (Å²) < 4.78 is 0. The largest absolute Gasteiger partial charge is 0.480 e. The number of hydrogen-bond acceptors (Lipinski definition) is 3. The molecule has 1 aromatic carbocycles. The van der Waals surface area contributed by atoms with E-state index in [9.17, 15) is 9.59 Å². The minimum Gasteiger partial charge on any atom is -0.480 e. The molecule has 0 aliphatic heterocycles. The van der Waals surface area contributed by atoms with Crippen molar-refractivity contribution < 1.29 is 14.7 Å². The zero-order valence-electron chi connectivity index (χ0n) is 12.1. The molecule has 0 saturated carbocycles. The number of benzene rings is 1. The van der Waals surface area contributed by atoms with E-state index in [0.717, 1.165) is 4.90 Å². The third-order valence-corrected chi connectivity index (χ3v) is 3.77. The number of carboxylic acid groups (broad SMARTS) is 1. The lowest BCUT2D eigenvalue weighted by molar-refractivity contribution is -0.144. The van der Waals surface area contributed by atoms with Gasteiger partial charge >= 0.3 is 5.97 Å². The minimum atomic E-state index is -0.999. The second kappa shape index (κ2) is 7.33. The summed E-state index contributed by atoms with van der Waals surface area (Å²) in [6.45, 7) is 5.39. The molecule has 0 saturated heterocycles. The highest BCUT2D eigenvalue weighted by Crippen LogP contribution is 2.20. The highest BCUT2D eigenvalue weighted by atomic mass is 32.2. The lowest BCUT2D eigenvalue weighted by Crippen LogP contribution is -2.49. The fraction of sp³-hybridized carbons (Fsp3) is 0.467. The predicted molar refractivity (Wildman–Crippen MR) is 80.8 cm³/mol. The van der Waals surface area contributed by atoms with Crippen molar-refractivity contribution >= 4 is 23.6 Å². The lowest BCUT2D eigenvalue weighted by atomic mass is 9.87. The first-order chi connectivity index (χ1) is 9.30. The van der Waals surface area contributed by atoms with Crippen LogP contribution in [0.4, 0.5) is 0 Å². The summed E-state index contributed by atoms with van der Waals surface area (Å²) in [5.41, 5.74) is -0.506. The zero-order valence-corrected chi connectivity index (χ0v) is 12.9. The molecular formula is C15H21NO3S. The summed E-state index contributed by atoms with van der Waals surface area (Å²) in [4.78, 5) is 24.1. The van der Waals surface area contributed by atoms with Crippen LogP contribution in [0.15, 0.2) is 35.2 Å². The maximum atomic E-state index is 11.8. The van der Waals surface area contributed by atoms with E-state index in [0.29, 0.717) is 12.2 Å². The Hall–Kier alpha value is -1.49. The number of carboxylic acids is 1. The normalized spacial score (nSPS) is 12.8. The van der Waals surface area contributed by atoms with E-state index in [4.69, 9.17) is 5.11 Å². The molecule has 4 nitrogen and oxygen atoms in total. The molecular weight excluding hydrogens is 274 g/mol. The van der Waals surface area contributed by atoms with Gasteiger partial charge in [0.25, 0.3) is 0 Å². The Balaban J connectivity index is 2.41. The highest BCUT2D eigenvalue weighted by Gasteiger charge is 2.32. The molecule has 1 atom stereocenters. The van der Waals surface area contributed by atoms with Crippen molar-refractivity contribution in [2.45, 2.75) is 38.1 Å². The molecule has 0 radical (unpaired) electrons. The van der Waals surface area contributed by atoms with Gasteiger partial charge in [-0.1, -0.05) is 39.0 Å². The first-order valence-electron chi connectivity index (χ1n) is 6.50. The summed E-state index contributed by atoms with van der Waals surface area (Å²) in [6, 6.07) is 8.94. The highest BCUT2D eigenvalue weighted by molar-refractivity contribution is 7.99. The number of carbonyl (C=O) groups is 2. The van der Waals surface area contributed by atoms with Crippen molar-refractivity contribution in [1.29, 1.82) is 0 Å². The standard InChI is InChI=1S/C15H21NO3S/c1-15(2,3)13(14(18)19)16-12(17)9-10-20-11-7-5-4-6-8-11/h4-8,13H,9-10H2,1-3H3,(H,16,17)(H,18,19). The fourth-order valence-corrected chi connectivity index (χ4v) is 2.53. The molecule has 1 unspecified atom stereocenters. The van der Waals surface area contributed by atoms with Crippen LogP contribution < -0.4 is 5.32 Å². The van der Waals surface area contributed by atoms with Crippen molar-refractivity contribution in [2.75, 3.05) is 5.75 Å². The third-order valence-electron chi connectivity index (χ3n) is 2.76. The second-order valence-electron chi connectivity index (χ2n) is 5.62. The van der Waals surface area contributed by atoms with Crippen LogP contribution in [0, 0.1) is 5.41 Å². The van der Waals surface area contributed by atoms with Gasteiger partial charge in [-0.2, -0.15) is 0 Å². The van der Waals surface area contributed by atoms with E-state index < -0.39 is 17.4 Å². The smallest absolute Gasteiger partial charge is 0.326 e. The van der Waals surface area contributed by atoms with Crippen LogP contribution >= 0.6 is 11.8 Å². The van der Waals surface area contributed by atoms with E-state index in [1.807, 2.05) is 30.3 Å². The number of aliphatic carboxylic acids is 1. The quantitative estimate of drug-likeness (QED) is 0.792. The second-order valence-corrected chi connectivity index (χ2v) is 6.78. The van der Waals surface area contributed by atoms with Crippen LogP contribution in [0.2, 0.25) is 0 Å². The van der Waals surface area contributed by atoms with E-state index >= 15 is 0 Å². The van der Waals surface area contributed by atoms with Gasteiger partial charge in [0.2, 0.25) is 5.91 Å². The van der Waals surface area contributed by atoms with Crippen molar-refractivity contribution in [3.05, 3.63) is 30.3 Å². The first-order valence-corrected chi connectivity index (χ1v) is 7.49. The Kier molecular flexibility index (Phi) is 6.07. The third kappa shape index (κ3) is 5.65. The van der Waals surface area contributed by atoms with Crippen LogP contribution in [-0.4, -0.2) is 28.8 Å². The van der Waals surface area contributed by atoms with Gasteiger partial charge in [-0.15, -0.1) is 11.8 Å². The molecule has 110 valence electrons. The van der Waals surface area contributed by atoms with Gasteiger partial charge in [0.1, 0.15) is 6.04 Å². The minimum absolute atomic E-state index is 0.226. The molecule has 0 heterocycles. The number of thioether (sulfide) groups is 1. The van der Waals surface area contributed by atoms with Crippen LogP contribution in [0.3, 0.4) is 0 Å². The molecule has 1 rings (SSSR count). The zero-order chi connectivity index (χ0) is 15.2. The van der Waals surface area contributed by atoms with Gasteiger partial charge in [-0.25, -0.2) is 4.79 Å². The Morgan fingerprint density at radius 3 is 2.35 bits per heavy atom. The number of rotatable bonds is 6. The molecule has 5 heteroatoms. The van der Waals surface area contributed by atoms with Gasteiger partial charge in [0.15, 0.2) is 0 Å². The van der Waals surface area contributed by atoms with E-state index in [1.54, 1.807) is 32.5 Å². The van der Waals surface area contributed by atoms with Gasteiger partial charge in [0, 0.05) is 17.1 Å². The lowest BCUT2D eigenvalue weighted by Gasteiger charge is -2.27. The molecule has 20 heavy (non-hydrogen) atoms. The average Bonchev–Trinajstić information content (AvgIpc) is 2.35. The average molecular weight is 295 g/mol. The van der Waals surface area contributed by atoms with Crippen molar-refractivity contribution in [3.8, 4) is 0 Å². The monoisotopic (exact) mass is 295 g/mol. The van der Waals surface area contributed by atoms with Crippen molar-refractivity contribution in [2.24, 2.45) is 5.41 Å². The predicted octanol–water partition coefficient (Wildman–Crippen LogP) is 2.78. The SMILES string of the molecule is CC(C)(C)C(NC(=O)CCSc1ccccc1)C(=O)O. The summed E-state index contributed by atoms with van der Waals surface area (Å²) in [5.74, 6) is -0.593. The van der Waals surface area contributed by atoms with Gasteiger partial charge in [0.05, 0.1) is 0 Å². The molecule has 0 aliphatic rings. The summed E-state index contributed by atoms with van der Waals surface area (Å²) in [7, 11) is 0. The summed E-state index contributed by atoms with van der Waals surface area (Å²) >= 11 is 1.58. The number of nitrogens with one attached hydrogen (secondary N) is 1. The molecule has 0 bridgehead atoms. The Bertz CT molecular complexity index is 454. The van der Waals surface area contributed by atoms with Crippen molar-refractivity contribution in [3.63, 3.8) is 0 Å². The van der Waals surface area contributed by atoms with Crippen LogP contribution in [0.25, 0.3) is 0 Å². The number of carbonyl (C=O) groups excluding carboxylic acids is 1. The van der Waals surface area contributed by atoms with Crippen LogP contribution in [0.5, 0.6) is 0 Å². The van der Waals surface area contributed by atoms with Crippen molar-refractivity contribution in [1.82, 2.24) is 5.32 Å². The first kappa shape index (κ1) is 16.6. The Morgan fingerprint density at radius 1 is 1.25 bits per heavy atom. The topological polar surface area (TPSA) is 66.4 Å². The molecule has 0 aromatic heterocycles. The van der Waals surface area contributed by atoms with Crippen LogP contribution in [0.1, 0.15) is 27.2 Å². The van der Waals surface area contributed by atoms with Crippen LogP contribution in [-0.2, 0) is 9.59 Å². The molecule has 0 aliphatic carbocycles. The van der Waals surface area contributed by atoms with Gasteiger partial charge < -0.3 is 10.4 Å². The Morgan fingerprint density at radius 2 is 1.85 bits per heavy atom. The van der Waals surface area contributed by atoms with Gasteiger partial charge in [-0.3, -0.25) is 4.79 Å². The number of hydrogen-bond donors (Lipinski definition) is 2. The Labute approximate surface area is 124 Å². The summed E-state index contributed by atoms with van der Waals surface area (Å²) in [5, 5.41) is 11.7. The van der Waals surface area contributed by atoms with E-state index in [2.05, 4.69) is 5.32 Å².